The Balaban J connectivity index is 1.27. The summed E-state index contributed by atoms with van der Waals surface area (Å²) in [6, 6.07) is 16.0. The lowest BCUT2D eigenvalue weighted by Gasteiger charge is -2.35. The van der Waals surface area contributed by atoms with Gasteiger partial charge in [-0.05, 0) is 36.1 Å². The summed E-state index contributed by atoms with van der Waals surface area (Å²) in [5.74, 6) is -0.574. The van der Waals surface area contributed by atoms with Crippen molar-refractivity contribution in [3.05, 3.63) is 71.5 Å². The third-order valence-electron chi connectivity index (χ3n) is 6.22. The minimum atomic E-state index is -0.345. The smallest absolute Gasteiger partial charge is 0.270 e. The highest BCUT2D eigenvalue weighted by atomic mass is 19.1. The molecule has 3 amide bonds. The number of carbonyl (C=O) groups excluding carboxylic acids is 3. The molecular weight excluding hydrogens is 435 g/mol. The van der Waals surface area contributed by atoms with Gasteiger partial charge in [0.05, 0.1) is 6.54 Å². The van der Waals surface area contributed by atoms with Gasteiger partial charge >= 0.3 is 0 Å². The fourth-order valence-corrected chi connectivity index (χ4v) is 4.23. The minimum absolute atomic E-state index is 0.120. The van der Waals surface area contributed by atoms with E-state index in [0.717, 1.165) is 18.4 Å². The van der Waals surface area contributed by atoms with E-state index in [2.05, 4.69) is 17.2 Å². The van der Waals surface area contributed by atoms with Crippen molar-refractivity contribution < 1.29 is 18.8 Å². The number of piperazine rings is 1. The van der Waals surface area contributed by atoms with Crippen molar-refractivity contribution in [2.45, 2.75) is 38.6 Å². The second-order valence-electron chi connectivity index (χ2n) is 8.64. The van der Waals surface area contributed by atoms with Gasteiger partial charge in [0.2, 0.25) is 11.8 Å². The molecule has 1 saturated heterocycles. The number of benzene rings is 2. The molecule has 4 rings (SSSR count). The molecule has 0 bridgehead atoms. The van der Waals surface area contributed by atoms with Gasteiger partial charge < -0.3 is 9.80 Å². The summed E-state index contributed by atoms with van der Waals surface area (Å²) in [4.78, 5) is 41.4. The molecule has 2 aromatic carbocycles. The second-order valence-corrected chi connectivity index (χ2v) is 8.64. The van der Waals surface area contributed by atoms with Gasteiger partial charge in [-0.1, -0.05) is 42.5 Å². The highest BCUT2D eigenvalue weighted by Gasteiger charge is 2.30. The van der Waals surface area contributed by atoms with Gasteiger partial charge in [0.1, 0.15) is 11.5 Å². The van der Waals surface area contributed by atoms with Gasteiger partial charge in [0.25, 0.3) is 5.91 Å². The van der Waals surface area contributed by atoms with Crippen molar-refractivity contribution in [3.8, 4) is 0 Å². The lowest BCUT2D eigenvalue weighted by atomic mass is 10.1. The SMILES string of the molecule is O=C(CCCc1ccccc1)N1CCN(C(=O)C2=NN(Cc3ccc(F)cc3)C(=O)CC2)CC1. The molecule has 0 atom stereocenters. The van der Waals surface area contributed by atoms with E-state index in [4.69, 9.17) is 0 Å². The van der Waals surface area contributed by atoms with Gasteiger partial charge in [-0.3, -0.25) is 14.4 Å². The van der Waals surface area contributed by atoms with Crippen LogP contribution in [0.15, 0.2) is 59.7 Å². The lowest BCUT2D eigenvalue weighted by Crippen LogP contribution is -2.52. The molecule has 0 N–H and O–H groups in total. The normalized spacial score (nSPS) is 16.4. The van der Waals surface area contributed by atoms with E-state index in [-0.39, 0.29) is 36.5 Å². The summed E-state index contributed by atoms with van der Waals surface area (Å²) in [5.41, 5.74) is 2.32. The quantitative estimate of drug-likeness (QED) is 0.632. The fourth-order valence-electron chi connectivity index (χ4n) is 4.23. The van der Waals surface area contributed by atoms with Crippen molar-refractivity contribution in [3.63, 3.8) is 0 Å². The first-order chi connectivity index (χ1) is 16.5. The largest absolute Gasteiger partial charge is 0.339 e. The lowest BCUT2D eigenvalue weighted by molar-refractivity contribution is -0.137. The maximum Gasteiger partial charge on any atom is 0.270 e. The molecule has 8 heteroatoms. The van der Waals surface area contributed by atoms with Crippen molar-refractivity contribution >= 4 is 23.4 Å². The van der Waals surface area contributed by atoms with Crippen LogP contribution in [0.1, 0.15) is 36.8 Å². The Morgan fingerprint density at radius 3 is 2.24 bits per heavy atom. The fraction of sp³-hybridized carbons (Fsp3) is 0.385. The van der Waals surface area contributed by atoms with E-state index in [9.17, 15) is 18.8 Å². The Morgan fingerprint density at radius 1 is 0.853 bits per heavy atom. The Kier molecular flexibility index (Phi) is 7.67. The van der Waals surface area contributed by atoms with Crippen molar-refractivity contribution in [1.82, 2.24) is 14.8 Å². The number of rotatable bonds is 7. The van der Waals surface area contributed by atoms with E-state index in [0.29, 0.717) is 44.7 Å². The monoisotopic (exact) mass is 464 g/mol. The first-order valence-electron chi connectivity index (χ1n) is 11.7. The van der Waals surface area contributed by atoms with E-state index >= 15 is 0 Å². The van der Waals surface area contributed by atoms with Crippen LogP contribution in [-0.4, -0.2) is 64.4 Å². The molecule has 2 aromatic rings. The Labute approximate surface area is 198 Å². The van der Waals surface area contributed by atoms with Gasteiger partial charge in [-0.15, -0.1) is 0 Å². The molecule has 0 aliphatic carbocycles. The molecule has 2 aliphatic rings. The van der Waals surface area contributed by atoms with E-state index in [1.807, 2.05) is 23.1 Å². The summed E-state index contributed by atoms with van der Waals surface area (Å²) in [6.07, 6.45) is 2.69. The van der Waals surface area contributed by atoms with Crippen LogP contribution in [-0.2, 0) is 27.3 Å². The maximum atomic E-state index is 13.1. The van der Waals surface area contributed by atoms with Crippen LogP contribution in [0.25, 0.3) is 0 Å². The predicted molar refractivity (Wildman–Crippen MR) is 126 cm³/mol. The molecule has 0 saturated carbocycles. The molecule has 2 heterocycles. The molecule has 0 radical (unpaired) electrons. The maximum absolute atomic E-state index is 13.1. The molecule has 0 unspecified atom stereocenters. The van der Waals surface area contributed by atoms with Crippen LogP contribution < -0.4 is 0 Å². The number of hydrogen-bond donors (Lipinski definition) is 0. The highest BCUT2D eigenvalue weighted by molar-refractivity contribution is 6.39. The second kappa shape index (κ2) is 11.0. The molecule has 178 valence electrons. The first kappa shape index (κ1) is 23.6. The zero-order valence-electron chi connectivity index (χ0n) is 19.2. The Hall–Kier alpha value is -3.55. The summed E-state index contributed by atoms with van der Waals surface area (Å²) in [5, 5.41) is 5.60. The van der Waals surface area contributed by atoms with Gasteiger partial charge in [-0.25, -0.2) is 9.40 Å². The zero-order valence-corrected chi connectivity index (χ0v) is 19.2. The van der Waals surface area contributed by atoms with Crippen LogP contribution in [0.4, 0.5) is 4.39 Å². The topological polar surface area (TPSA) is 73.3 Å². The molecule has 7 nitrogen and oxygen atoms in total. The highest BCUT2D eigenvalue weighted by Crippen LogP contribution is 2.16. The molecule has 0 aromatic heterocycles. The number of hydrogen-bond acceptors (Lipinski definition) is 4. The standard InChI is InChI=1S/C26H29FN4O3/c27-22-11-9-21(10-12-22)19-31-25(33)14-13-23(28-31)26(34)30-17-15-29(16-18-30)24(32)8-4-7-20-5-2-1-3-6-20/h1-3,5-6,9-12H,4,7-8,13-19H2. The number of nitrogens with zero attached hydrogens (tertiary/aromatic N) is 4. The Morgan fingerprint density at radius 2 is 1.53 bits per heavy atom. The van der Waals surface area contributed by atoms with Gasteiger partial charge in [0, 0.05) is 45.4 Å². The van der Waals surface area contributed by atoms with Crippen LogP contribution >= 0.6 is 0 Å². The number of hydrazone groups is 1. The number of carbonyl (C=O) groups is 3. The third kappa shape index (κ3) is 6.07. The average molecular weight is 465 g/mol. The molecular formula is C26H29FN4O3. The molecule has 34 heavy (non-hydrogen) atoms. The predicted octanol–water partition coefficient (Wildman–Crippen LogP) is 3.00. The molecule has 0 spiro atoms. The molecule has 1 fully saturated rings. The van der Waals surface area contributed by atoms with Crippen molar-refractivity contribution in [1.29, 1.82) is 0 Å². The average Bonchev–Trinajstić information content (AvgIpc) is 2.87. The van der Waals surface area contributed by atoms with Crippen LogP contribution in [0, 0.1) is 5.82 Å². The van der Waals surface area contributed by atoms with Crippen molar-refractivity contribution in [2.24, 2.45) is 5.10 Å². The number of halogens is 1. The van der Waals surface area contributed by atoms with E-state index < -0.39 is 0 Å². The summed E-state index contributed by atoms with van der Waals surface area (Å²) in [7, 11) is 0. The zero-order chi connectivity index (χ0) is 23.9. The van der Waals surface area contributed by atoms with Gasteiger partial charge in [0.15, 0.2) is 0 Å². The van der Waals surface area contributed by atoms with Crippen molar-refractivity contribution in [2.75, 3.05) is 26.2 Å². The number of aryl methyl sites for hydroxylation is 1. The van der Waals surface area contributed by atoms with E-state index in [1.54, 1.807) is 17.0 Å². The van der Waals surface area contributed by atoms with Crippen LogP contribution in [0.5, 0.6) is 0 Å². The minimum Gasteiger partial charge on any atom is -0.339 e. The van der Waals surface area contributed by atoms with Gasteiger partial charge in [-0.2, -0.15) is 5.10 Å². The van der Waals surface area contributed by atoms with Crippen LogP contribution in [0.3, 0.4) is 0 Å². The summed E-state index contributed by atoms with van der Waals surface area (Å²) >= 11 is 0. The van der Waals surface area contributed by atoms with Crippen LogP contribution in [0.2, 0.25) is 0 Å². The third-order valence-corrected chi connectivity index (χ3v) is 6.22. The first-order valence-corrected chi connectivity index (χ1v) is 11.7. The van der Waals surface area contributed by atoms with E-state index in [1.165, 1.54) is 22.7 Å². The Bertz CT molecular complexity index is 1050. The summed E-state index contributed by atoms with van der Waals surface area (Å²) < 4.78 is 13.1. The number of amides is 3. The molecule has 2 aliphatic heterocycles. The summed E-state index contributed by atoms with van der Waals surface area (Å²) in [6.45, 7) is 2.10.